The fraction of sp³-hybridized carbons (Fsp3) is 0.658. The first-order chi connectivity index (χ1) is 50.1. The molecule has 14 amide bonds. The number of rotatable bonds is 45. The van der Waals surface area contributed by atoms with Crippen molar-refractivity contribution in [3.05, 3.63) is 65.7 Å². The van der Waals surface area contributed by atoms with E-state index in [1.165, 1.54) is 26.2 Å². The number of hydrogen-bond donors (Lipinski definition) is 11. The van der Waals surface area contributed by atoms with Crippen LogP contribution in [0.2, 0.25) is 0 Å². The molecule has 0 saturated carbocycles. The van der Waals surface area contributed by atoms with E-state index in [-0.39, 0.29) is 75.3 Å². The number of nitrogens with one attached hydrogen (secondary N) is 7. The smallest absolute Gasteiger partial charge is 0.410 e. The van der Waals surface area contributed by atoms with E-state index < -0.39 is 167 Å². The van der Waals surface area contributed by atoms with E-state index in [1.807, 2.05) is 32.0 Å². The molecule has 2 fully saturated rings. The summed E-state index contributed by atoms with van der Waals surface area (Å²) in [6, 6.07) is 7.29. The Morgan fingerprint density at radius 3 is 1.96 bits per heavy atom. The number of aliphatic hydroxyl groups is 1. The molecule has 2 heterocycles. The highest BCUT2D eigenvalue weighted by atomic mass is 32.2. The molecule has 2 aliphatic heterocycles. The van der Waals surface area contributed by atoms with Crippen molar-refractivity contribution in [3.8, 4) is 0 Å². The zero-order chi connectivity index (χ0) is 79.2. The predicted octanol–water partition coefficient (Wildman–Crippen LogP) is 2.87. The van der Waals surface area contributed by atoms with E-state index in [9.17, 15) is 67.4 Å². The standard InChI is InChI=1S/C73H116N14O18S/c1-15-44(8)62(53(102-13)36-57(90)86-35-23-27-52(86)64(103-14)45(9)66(94)78-46(10)63(92)48-24-18-16-19-25-48)84(11)71(99)60(42(4)5)83-69(97)61(43(6)7)85(12)73(101)104-38-47-29-31-49(32-30-47)79-67(95)50(26-22-33-77-72(75)100)81-68(96)59(41(2)3)82-55(88)28-20-17-21-34-87-58(91)37-54(70(87)98)106-40-51(65(74)93)80-56(89)39-105-76/h16,18-19,24-25,29-32,41-46,50-54,59-64,92H,15,17,20-23,26-28,33-40,76H2,1-14H3,(H2,74,93)(H,78,94)(H,79,95)(H,80,89)(H,81,96)(H,82,88)(H,83,97)(H3,75,77,100)/t44-,45+,46+,50-,51?,52-,53+,54?,59-,60+,61-,62-,63+,64+/m0/s1. The van der Waals surface area contributed by atoms with Gasteiger partial charge in [-0.3, -0.25) is 67.4 Å². The molecule has 592 valence electrons. The lowest BCUT2D eigenvalue weighted by Gasteiger charge is -2.41. The lowest BCUT2D eigenvalue weighted by molar-refractivity contribution is -0.148. The number of primary amides is 2. The molecule has 2 unspecified atom stereocenters. The number of ether oxygens (including phenoxy) is 3. The van der Waals surface area contributed by atoms with Crippen LogP contribution in [0.25, 0.3) is 0 Å². The highest BCUT2D eigenvalue weighted by molar-refractivity contribution is 8.00. The number of methoxy groups -OCH3 is 2. The fourth-order valence-corrected chi connectivity index (χ4v) is 14.4. The summed E-state index contributed by atoms with van der Waals surface area (Å²) < 4.78 is 17.8. The van der Waals surface area contributed by atoms with Crippen LogP contribution >= 0.6 is 11.8 Å². The van der Waals surface area contributed by atoms with Crippen LogP contribution in [0.1, 0.15) is 157 Å². The largest absolute Gasteiger partial charge is 0.445 e. The number of nitrogens with two attached hydrogens (primary N) is 3. The molecule has 2 aromatic carbocycles. The number of carbonyl (C=O) groups excluding carboxylic acids is 13. The van der Waals surface area contributed by atoms with Gasteiger partial charge < -0.3 is 77.8 Å². The third-order valence-corrected chi connectivity index (χ3v) is 20.7. The van der Waals surface area contributed by atoms with Crippen molar-refractivity contribution in [3.63, 3.8) is 0 Å². The summed E-state index contributed by atoms with van der Waals surface area (Å²) in [5, 5.41) is 29.2. The summed E-state index contributed by atoms with van der Waals surface area (Å²) in [5.74, 6) is -3.14. The Bertz CT molecular complexity index is 3260. The number of nitrogens with zero attached hydrogens (tertiary/aromatic N) is 4. The summed E-state index contributed by atoms with van der Waals surface area (Å²) in [6.07, 6.45) is -0.204. The first-order valence-corrected chi connectivity index (χ1v) is 37.4. The molecule has 2 aliphatic rings. The molecule has 32 nitrogen and oxygen atoms in total. The zero-order valence-corrected chi connectivity index (χ0v) is 64.7. The van der Waals surface area contributed by atoms with Gasteiger partial charge in [0, 0.05) is 72.2 Å². The lowest BCUT2D eigenvalue weighted by Crippen LogP contribution is -2.60. The molecule has 14 N–H and O–H groups in total. The molecule has 0 aliphatic carbocycles. The number of hydrogen-bond acceptors (Lipinski definition) is 20. The van der Waals surface area contributed by atoms with Gasteiger partial charge in [0.05, 0.1) is 54.0 Å². The van der Waals surface area contributed by atoms with Crippen molar-refractivity contribution < 1.29 is 86.5 Å². The zero-order valence-electron chi connectivity index (χ0n) is 63.8. The Labute approximate surface area is 626 Å². The molecule has 33 heteroatoms. The maximum atomic E-state index is 14.9. The van der Waals surface area contributed by atoms with Gasteiger partial charge in [-0.05, 0) is 92.4 Å². The monoisotopic (exact) mass is 1510 g/mol. The van der Waals surface area contributed by atoms with Crippen molar-refractivity contribution in [1.82, 2.24) is 51.5 Å². The summed E-state index contributed by atoms with van der Waals surface area (Å²) in [5.41, 5.74) is 12.1. The van der Waals surface area contributed by atoms with E-state index in [0.29, 0.717) is 61.9 Å². The van der Waals surface area contributed by atoms with Gasteiger partial charge in [-0.25, -0.2) is 15.5 Å². The normalized spacial score (nSPS) is 17.8. The Balaban J connectivity index is 1.34. The molecule has 4 rings (SSSR count). The fourth-order valence-electron chi connectivity index (χ4n) is 13.1. The van der Waals surface area contributed by atoms with Crippen LogP contribution in [0, 0.1) is 29.6 Å². The molecule has 2 saturated heterocycles. The van der Waals surface area contributed by atoms with E-state index in [4.69, 9.17) is 31.6 Å². The Morgan fingerprint density at radius 2 is 1.38 bits per heavy atom. The number of amides is 14. The highest BCUT2D eigenvalue weighted by Crippen LogP contribution is 2.31. The first-order valence-electron chi connectivity index (χ1n) is 36.4. The van der Waals surface area contributed by atoms with E-state index in [1.54, 1.807) is 104 Å². The van der Waals surface area contributed by atoms with Crippen LogP contribution in [0.4, 0.5) is 15.3 Å². The van der Waals surface area contributed by atoms with Crippen LogP contribution in [-0.2, 0) is 78.4 Å². The Morgan fingerprint density at radius 1 is 0.717 bits per heavy atom. The second kappa shape index (κ2) is 44.6. The highest BCUT2D eigenvalue weighted by Gasteiger charge is 2.45. The Hall–Kier alpha value is -8.50. The average molecular weight is 1510 g/mol. The van der Waals surface area contributed by atoms with E-state index in [2.05, 4.69) is 42.1 Å². The van der Waals surface area contributed by atoms with Gasteiger partial charge in [-0.15, -0.1) is 11.8 Å². The average Bonchev–Trinajstić information content (AvgIpc) is 1.41. The summed E-state index contributed by atoms with van der Waals surface area (Å²) >= 11 is 1.01. The molecule has 0 bridgehead atoms. The minimum atomic E-state index is -1.16. The number of anilines is 1. The van der Waals surface area contributed by atoms with Crippen molar-refractivity contribution in [2.24, 2.45) is 47.0 Å². The van der Waals surface area contributed by atoms with Crippen LogP contribution in [0.3, 0.4) is 0 Å². The van der Waals surface area contributed by atoms with Gasteiger partial charge in [0.1, 0.15) is 43.4 Å². The molecular formula is C73H116N14O18S. The number of likely N-dealkylation sites (N-methyl/N-ethyl adjacent to an activating group) is 2. The van der Waals surface area contributed by atoms with Crippen molar-refractivity contribution in [2.45, 2.75) is 218 Å². The third-order valence-electron chi connectivity index (χ3n) is 19.4. The van der Waals surface area contributed by atoms with E-state index >= 15 is 0 Å². The molecule has 2 aromatic rings. The second-order valence-corrected chi connectivity index (χ2v) is 29.6. The number of urea groups is 1. The summed E-state index contributed by atoms with van der Waals surface area (Å²) in [6.45, 7) is 17.7. The van der Waals surface area contributed by atoms with Crippen LogP contribution < -0.4 is 54.6 Å². The van der Waals surface area contributed by atoms with Crippen molar-refractivity contribution in [1.29, 1.82) is 0 Å². The minimum absolute atomic E-state index is 0.00176. The van der Waals surface area contributed by atoms with Gasteiger partial charge in [0.15, 0.2) is 0 Å². The minimum Gasteiger partial charge on any atom is -0.445 e. The molecule has 0 spiro atoms. The van der Waals surface area contributed by atoms with Gasteiger partial charge in [-0.1, -0.05) is 118 Å². The topological polar surface area (TPSA) is 454 Å². The number of imide groups is 1. The van der Waals surface area contributed by atoms with Crippen molar-refractivity contribution in [2.75, 3.05) is 65.6 Å². The molecule has 14 atom stereocenters. The Kier molecular flexibility index (Phi) is 37.8. The van der Waals surface area contributed by atoms with Crippen LogP contribution in [-0.4, -0.2) is 228 Å². The number of carbonyl (C=O) groups is 13. The maximum absolute atomic E-state index is 14.9. The number of thioether (sulfide) groups is 1. The molecular weight excluding hydrogens is 1390 g/mol. The number of unbranched alkanes of at least 4 members (excludes halogenated alkanes) is 2. The van der Waals surface area contributed by atoms with Gasteiger partial charge in [0.2, 0.25) is 65.0 Å². The van der Waals surface area contributed by atoms with Gasteiger partial charge >= 0.3 is 12.1 Å². The van der Waals surface area contributed by atoms with E-state index in [0.717, 1.165) is 21.6 Å². The maximum Gasteiger partial charge on any atom is 0.410 e. The second-order valence-electron chi connectivity index (χ2n) is 28.4. The first kappa shape index (κ1) is 89.9. The summed E-state index contributed by atoms with van der Waals surface area (Å²) in [4.78, 5) is 183. The number of aliphatic hydroxyl groups excluding tert-OH is 1. The van der Waals surface area contributed by atoms with Crippen LogP contribution in [0.5, 0.6) is 0 Å². The summed E-state index contributed by atoms with van der Waals surface area (Å²) in [7, 11) is 6.04. The van der Waals surface area contributed by atoms with Gasteiger partial charge in [0.25, 0.3) is 0 Å². The van der Waals surface area contributed by atoms with Gasteiger partial charge in [-0.2, -0.15) is 0 Å². The lowest BCUT2D eigenvalue weighted by atomic mass is 9.89. The SMILES string of the molecule is CC[C@H](C)[C@@H]([C@@H](CC(=O)N1CCC[C@H]1[C@H](OC)[C@@H](C)C(=O)N[C@H](C)[C@@H](O)c1ccccc1)OC)N(C)C(=O)[C@H](NC(=O)[C@H](C(C)C)N(C)C(=O)OCc1ccc(NC(=O)[C@H](CCCNC(N)=O)NC(=O)[C@@H](NC(=O)CCCCCN2C(=O)CC(SCC(NC(=O)CON)C(N)=O)C2=O)C(C)C)cc1)C(C)C. The van der Waals surface area contributed by atoms with Crippen LogP contribution in [0.15, 0.2) is 54.6 Å². The molecule has 106 heavy (non-hydrogen) atoms. The quantitative estimate of drug-likeness (QED) is 0.0258. The predicted molar refractivity (Wildman–Crippen MR) is 396 cm³/mol. The molecule has 0 aromatic heterocycles. The molecule has 0 radical (unpaired) electrons. The van der Waals surface area contributed by atoms with Crippen molar-refractivity contribution >= 4 is 94.6 Å². The third kappa shape index (κ3) is 27.1. The number of benzene rings is 2. The number of likely N-dealkylation sites (tertiary alicyclic amines) is 2.